The van der Waals surface area contributed by atoms with E-state index in [2.05, 4.69) is 22.4 Å². The molecule has 1 N–H and O–H groups in total. The third kappa shape index (κ3) is 2.85. The van der Waals surface area contributed by atoms with Crippen LogP contribution in [0.4, 0.5) is 0 Å². The Morgan fingerprint density at radius 3 is 2.44 bits per heavy atom. The number of nitrogens with one attached hydrogen (secondary N) is 1. The molecule has 27 heavy (non-hydrogen) atoms. The lowest BCUT2D eigenvalue weighted by Gasteiger charge is -2.16. The molecule has 2 aromatic heterocycles. The summed E-state index contributed by atoms with van der Waals surface area (Å²) in [6, 6.07) is 13.2. The fourth-order valence-corrected chi connectivity index (χ4v) is 3.43. The zero-order chi connectivity index (χ0) is 19.2. The summed E-state index contributed by atoms with van der Waals surface area (Å²) in [6.07, 6.45) is 2.07. The first kappa shape index (κ1) is 17.2. The van der Waals surface area contributed by atoms with Crippen molar-refractivity contribution in [3.8, 4) is 0 Å². The molecule has 0 saturated heterocycles. The van der Waals surface area contributed by atoms with Crippen molar-refractivity contribution in [3.63, 3.8) is 0 Å². The summed E-state index contributed by atoms with van der Waals surface area (Å²) in [5.74, 6) is -0.313. The van der Waals surface area contributed by atoms with E-state index in [4.69, 9.17) is 0 Å². The minimum Gasteiger partial charge on any atom is -0.350 e. The number of rotatable bonds is 4. The molecule has 4 rings (SSSR count). The number of fused-ring (bicyclic) bond motifs is 1. The number of carbonyl (C=O) groups excluding carboxylic acids is 1. The van der Waals surface area contributed by atoms with Crippen LogP contribution in [0.2, 0.25) is 0 Å². The molecule has 0 spiro atoms. The Balaban J connectivity index is 1.61. The maximum absolute atomic E-state index is 12.6. The van der Waals surface area contributed by atoms with Crippen molar-refractivity contribution in [1.29, 1.82) is 0 Å². The molecule has 0 bridgehead atoms. The molecule has 1 aliphatic carbocycles. The second kappa shape index (κ2) is 6.19. The van der Waals surface area contributed by atoms with Gasteiger partial charge < -0.3 is 5.32 Å². The highest BCUT2D eigenvalue weighted by Crippen LogP contribution is 2.47. The Bertz CT molecular complexity index is 1160. The SMILES string of the molecule is Cn1c(=O)c2ccc(C(=O)NCC3(c4ccccc4)CC3)nc2n(C)c1=O. The van der Waals surface area contributed by atoms with Gasteiger partial charge in [0.15, 0.2) is 0 Å². The molecule has 0 unspecified atom stereocenters. The van der Waals surface area contributed by atoms with Gasteiger partial charge in [0, 0.05) is 26.1 Å². The Morgan fingerprint density at radius 1 is 1.07 bits per heavy atom. The van der Waals surface area contributed by atoms with E-state index >= 15 is 0 Å². The first-order valence-corrected chi connectivity index (χ1v) is 8.83. The number of aryl methyl sites for hydroxylation is 1. The van der Waals surface area contributed by atoms with Crippen molar-refractivity contribution < 1.29 is 4.79 Å². The summed E-state index contributed by atoms with van der Waals surface area (Å²) in [7, 11) is 2.96. The van der Waals surface area contributed by atoms with Crippen LogP contribution in [0.25, 0.3) is 11.0 Å². The summed E-state index contributed by atoms with van der Waals surface area (Å²) in [5, 5.41) is 3.26. The lowest BCUT2D eigenvalue weighted by Crippen LogP contribution is -2.38. The second-order valence-corrected chi connectivity index (χ2v) is 7.10. The number of benzene rings is 1. The third-order valence-electron chi connectivity index (χ3n) is 5.36. The van der Waals surface area contributed by atoms with Crippen molar-refractivity contribution in [2.24, 2.45) is 14.1 Å². The van der Waals surface area contributed by atoms with E-state index in [1.807, 2.05) is 18.2 Å². The van der Waals surface area contributed by atoms with Gasteiger partial charge in [-0.2, -0.15) is 0 Å². The molecule has 2 heterocycles. The molecule has 138 valence electrons. The molecule has 1 amide bonds. The molecule has 1 aromatic carbocycles. The molecule has 1 fully saturated rings. The van der Waals surface area contributed by atoms with Crippen molar-refractivity contribution in [3.05, 3.63) is 74.6 Å². The van der Waals surface area contributed by atoms with Crippen LogP contribution in [-0.2, 0) is 19.5 Å². The van der Waals surface area contributed by atoms with E-state index < -0.39 is 11.2 Å². The van der Waals surface area contributed by atoms with Crippen LogP contribution in [0.15, 0.2) is 52.1 Å². The number of aromatic nitrogens is 3. The second-order valence-electron chi connectivity index (χ2n) is 7.10. The monoisotopic (exact) mass is 364 g/mol. The van der Waals surface area contributed by atoms with Gasteiger partial charge in [0.05, 0.1) is 5.39 Å². The van der Waals surface area contributed by atoms with Crippen LogP contribution in [0.3, 0.4) is 0 Å². The molecule has 7 nitrogen and oxygen atoms in total. The molecule has 0 atom stereocenters. The van der Waals surface area contributed by atoms with Gasteiger partial charge in [0.25, 0.3) is 11.5 Å². The maximum Gasteiger partial charge on any atom is 0.332 e. The normalized spacial score (nSPS) is 14.9. The average Bonchev–Trinajstić information content (AvgIpc) is 3.50. The van der Waals surface area contributed by atoms with Crippen molar-refractivity contribution in [2.75, 3.05) is 6.54 Å². The quantitative estimate of drug-likeness (QED) is 0.751. The summed E-state index contributed by atoms with van der Waals surface area (Å²) in [5.41, 5.74) is 0.723. The summed E-state index contributed by atoms with van der Waals surface area (Å²) >= 11 is 0. The van der Waals surface area contributed by atoms with Crippen LogP contribution < -0.4 is 16.6 Å². The van der Waals surface area contributed by atoms with Gasteiger partial charge in [-0.3, -0.25) is 18.7 Å². The standard InChI is InChI=1S/C20H20N4O3/c1-23-16-14(18(26)24(2)19(23)27)8-9-15(22-16)17(25)21-12-20(10-11-20)13-6-4-3-5-7-13/h3-9H,10-12H2,1-2H3,(H,21,25). The minimum absolute atomic E-state index is 0.00341. The number of carbonyl (C=O) groups is 1. The topological polar surface area (TPSA) is 86.0 Å². The molecular formula is C20H20N4O3. The lowest BCUT2D eigenvalue weighted by molar-refractivity contribution is 0.0945. The van der Waals surface area contributed by atoms with Crippen LogP contribution in [0, 0.1) is 0 Å². The van der Waals surface area contributed by atoms with Crippen molar-refractivity contribution >= 4 is 16.9 Å². The highest BCUT2D eigenvalue weighted by atomic mass is 16.2. The third-order valence-corrected chi connectivity index (χ3v) is 5.36. The van der Waals surface area contributed by atoms with Crippen LogP contribution in [-0.4, -0.2) is 26.6 Å². The van der Waals surface area contributed by atoms with E-state index in [1.54, 1.807) is 6.07 Å². The summed E-state index contributed by atoms with van der Waals surface area (Å²) < 4.78 is 2.31. The first-order valence-electron chi connectivity index (χ1n) is 8.83. The van der Waals surface area contributed by atoms with Crippen molar-refractivity contribution in [2.45, 2.75) is 18.3 Å². The fraction of sp³-hybridized carbons (Fsp3) is 0.300. The van der Waals surface area contributed by atoms with Gasteiger partial charge in [-0.1, -0.05) is 30.3 Å². The number of hydrogen-bond acceptors (Lipinski definition) is 4. The predicted molar refractivity (Wildman–Crippen MR) is 102 cm³/mol. The molecule has 1 aliphatic rings. The Hall–Kier alpha value is -3.22. The number of nitrogens with zero attached hydrogens (tertiary/aromatic N) is 3. The van der Waals surface area contributed by atoms with Gasteiger partial charge in [-0.05, 0) is 30.5 Å². The average molecular weight is 364 g/mol. The lowest BCUT2D eigenvalue weighted by atomic mass is 9.96. The fourth-order valence-electron chi connectivity index (χ4n) is 3.43. The van der Waals surface area contributed by atoms with E-state index in [0.717, 1.165) is 17.4 Å². The highest BCUT2D eigenvalue weighted by Gasteiger charge is 2.44. The van der Waals surface area contributed by atoms with E-state index in [9.17, 15) is 14.4 Å². The van der Waals surface area contributed by atoms with E-state index in [-0.39, 0.29) is 22.7 Å². The van der Waals surface area contributed by atoms with E-state index in [1.165, 1.54) is 30.3 Å². The zero-order valence-electron chi connectivity index (χ0n) is 15.2. The maximum atomic E-state index is 12.6. The van der Waals surface area contributed by atoms with E-state index in [0.29, 0.717) is 11.9 Å². The molecule has 0 radical (unpaired) electrons. The molecular weight excluding hydrogens is 344 g/mol. The molecule has 0 aliphatic heterocycles. The van der Waals surface area contributed by atoms with Crippen LogP contribution in [0.1, 0.15) is 28.9 Å². The van der Waals surface area contributed by atoms with Crippen molar-refractivity contribution in [1.82, 2.24) is 19.4 Å². The van der Waals surface area contributed by atoms with Crippen LogP contribution >= 0.6 is 0 Å². The smallest absolute Gasteiger partial charge is 0.332 e. The van der Waals surface area contributed by atoms with Crippen LogP contribution in [0.5, 0.6) is 0 Å². The molecule has 3 aromatic rings. The largest absolute Gasteiger partial charge is 0.350 e. The van der Waals surface area contributed by atoms with Gasteiger partial charge in [-0.15, -0.1) is 0 Å². The minimum atomic E-state index is -0.474. The number of amides is 1. The summed E-state index contributed by atoms with van der Waals surface area (Å²) in [4.78, 5) is 41.2. The molecule has 1 saturated carbocycles. The number of pyridine rings is 1. The predicted octanol–water partition coefficient (Wildman–Crippen LogP) is 1.09. The Labute approximate surface area is 155 Å². The first-order chi connectivity index (χ1) is 12.9. The Kier molecular flexibility index (Phi) is 3.95. The van der Waals surface area contributed by atoms with Gasteiger partial charge in [0.2, 0.25) is 0 Å². The van der Waals surface area contributed by atoms with Gasteiger partial charge in [0.1, 0.15) is 11.3 Å². The van der Waals surface area contributed by atoms with Gasteiger partial charge >= 0.3 is 5.69 Å². The van der Waals surface area contributed by atoms with Gasteiger partial charge in [-0.25, -0.2) is 9.78 Å². The highest BCUT2D eigenvalue weighted by molar-refractivity contribution is 5.94. The molecule has 7 heteroatoms. The summed E-state index contributed by atoms with van der Waals surface area (Å²) in [6.45, 7) is 0.533. The Morgan fingerprint density at radius 2 is 1.78 bits per heavy atom. The number of hydrogen-bond donors (Lipinski definition) is 1. The zero-order valence-corrected chi connectivity index (χ0v) is 15.2.